The standard InChI is InChI=1S/C24H33N5O3/c1-18-23(19(2)29(26-18)21-8-4-3-5-9-21)25-22(30)10-12-27-11-6-7-20(17-27)24(31)28-13-15-32-16-14-28/h3-5,8-9,20H,6-7,10-17H2,1-2H3,(H,25,30). The van der Waals surface area contributed by atoms with Crippen molar-refractivity contribution in [3.63, 3.8) is 0 Å². The molecule has 1 aromatic heterocycles. The number of carbonyl (C=O) groups excluding carboxylic acids is 2. The number of nitrogens with one attached hydrogen (secondary N) is 1. The van der Waals surface area contributed by atoms with Gasteiger partial charge in [-0.1, -0.05) is 18.2 Å². The first kappa shape index (κ1) is 22.5. The van der Waals surface area contributed by atoms with Crippen LogP contribution in [0.1, 0.15) is 30.7 Å². The van der Waals surface area contributed by atoms with Gasteiger partial charge < -0.3 is 19.9 Å². The van der Waals surface area contributed by atoms with E-state index in [0.717, 1.165) is 48.7 Å². The van der Waals surface area contributed by atoms with Crippen molar-refractivity contribution in [3.8, 4) is 5.69 Å². The van der Waals surface area contributed by atoms with Crippen LogP contribution >= 0.6 is 0 Å². The van der Waals surface area contributed by atoms with Crippen molar-refractivity contribution in [2.24, 2.45) is 5.92 Å². The number of aromatic nitrogens is 2. The lowest BCUT2D eigenvalue weighted by atomic mass is 9.96. The summed E-state index contributed by atoms with van der Waals surface area (Å²) in [6.07, 6.45) is 2.31. The van der Waals surface area contributed by atoms with Gasteiger partial charge in [0.15, 0.2) is 0 Å². The maximum atomic E-state index is 12.8. The fraction of sp³-hybridized carbons (Fsp3) is 0.542. The Hall–Kier alpha value is -2.71. The Balaban J connectivity index is 1.30. The van der Waals surface area contributed by atoms with E-state index in [0.29, 0.717) is 39.3 Å². The van der Waals surface area contributed by atoms with Crippen LogP contribution in [0.2, 0.25) is 0 Å². The molecule has 4 rings (SSSR count). The number of amides is 2. The zero-order valence-corrected chi connectivity index (χ0v) is 19.0. The fourth-order valence-electron chi connectivity index (χ4n) is 4.61. The van der Waals surface area contributed by atoms with Gasteiger partial charge in [-0.15, -0.1) is 0 Å². The average molecular weight is 440 g/mol. The number of morpholine rings is 1. The molecule has 0 bridgehead atoms. The van der Waals surface area contributed by atoms with E-state index in [1.165, 1.54) is 0 Å². The third-order valence-electron chi connectivity index (χ3n) is 6.39. The molecule has 8 nitrogen and oxygen atoms in total. The van der Waals surface area contributed by atoms with Crippen molar-refractivity contribution in [1.29, 1.82) is 0 Å². The van der Waals surface area contributed by atoms with Gasteiger partial charge in [-0.25, -0.2) is 4.68 Å². The Bertz CT molecular complexity index is 937. The third-order valence-corrected chi connectivity index (χ3v) is 6.39. The zero-order valence-electron chi connectivity index (χ0n) is 19.0. The summed E-state index contributed by atoms with van der Waals surface area (Å²) in [5.41, 5.74) is 3.46. The molecule has 1 unspecified atom stereocenters. The molecule has 1 atom stereocenters. The molecular formula is C24H33N5O3. The number of likely N-dealkylation sites (tertiary alicyclic amines) is 1. The number of piperidine rings is 1. The average Bonchev–Trinajstić information content (AvgIpc) is 3.12. The molecule has 3 heterocycles. The minimum absolute atomic E-state index is 0.0227. The Morgan fingerprint density at radius 2 is 1.88 bits per heavy atom. The highest BCUT2D eigenvalue weighted by atomic mass is 16.5. The Morgan fingerprint density at radius 1 is 1.12 bits per heavy atom. The van der Waals surface area contributed by atoms with Crippen LogP contribution in [0.25, 0.3) is 5.69 Å². The van der Waals surface area contributed by atoms with E-state index in [1.54, 1.807) is 0 Å². The highest BCUT2D eigenvalue weighted by molar-refractivity contribution is 5.92. The van der Waals surface area contributed by atoms with E-state index in [1.807, 2.05) is 53.8 Å². The number of carbonyl (C=O) groups is 2. The third kappa shape index (κ3) is 5.19. The topological polar surface area (TPSA) is 79.7 Å². The van der Waals surface area contributed by atoms with E-state index >= 15 is 0 Å². The minimum atomic E-state index is -0.0227. The second kappa shape index (κ2) is 10.3. The van der Waals surface area contributed by atoms with Crippen LogP contribution < -0.4 is 5.32 Å². The van der Waals surface area contributed by atoms with Crippen LogP contribution in [-0.2, 0) is 14.3 Å². The lowest BCUT2D eigenvalue weighted by Crippen LogP contribution is -2.48. The van der Waals surface area contributed by atoms with Crippen molar-refractivity contribution < 1.29 is 14.3 Å². The molecule has 2 amide bonds. The molecule has 172 valence electrons. The maximum absolute atomic E-state index is 12.8. The van der Waals surface area contributed by atoms with Crippen LogP contribution in [0.15, 0.2) is 30.3 Å². The number of nitrogens with zero attached hydrogens (tertiary/aromatic N) is 4. The second-order valence-electron chi connectivity index (χ2n) is 8.67. The summed E-state index contributed by atoms with van der Waals surface area (Å²) in [5, 5.41) is 7.65. The van der Waals surface area contributed by atoms with Gasteiger partial charge >= 0.3 is 0 Å². The lowest BCUT2D eigenvalue weighted by Gasteiger charge is -2.36. The molecule has 2 fully saturated rings. The molecule has 0 spiro atoms. The van der Waals surface area contributed by atoms with E-state index in [2.05, 4.69) is 15.3 Å². The molecule has 0 radical (unpaired) electrons. The van der Waals surface area contributed by atoms with Gasteiger partial charge in [0.2, 0.25) is 11.8 Å². The van der Waals surface area contributed by atoms with Crippen LogP contribution in [0.5, 0.6) is 0 Å². The van der Waals surface area contributed by atoms with Crippen molar-refractivity contribution in [1.82, 2.24) is 19.6 Å². The molecule has 2 aromatic rings. The predicted octanol–water partition coefficient (Wildman–Crippen LogP) is 2.39. The van der Waals surface area contributed by atoms with Crippen molar-refractivity contribution in [2.45, 2.75) is 33.1 Å². The number of aryl methyl sites for hydroxylation is 1. The summed E-state index contributed by atoms with van der Waals surface area (Å²) in [6.45, 7) is 8.83. The van der Waals surface area contributed by atoms with Gasteiger partial charge in [-0.05, 0) is 45.4 Å². The minimum Gasteiger partial charge on any atom is -0.378 e. The van der Waals surface area contributed by atoms with Crippen molar-refractivity contribution in [3.05, 3.63) is 41.7 Å². The molecule has 0 aliphatic carbocycles. The fourth-order valence-corrected chi connectivity index (χ4v) is 4.61. The maximum Gasteiger partial charge on any atom is 0.227 e. The van der Waals surface area contributed by atoms with E-state index in [9.17, 15) is 9.59 Å². The monoisotopic (exact) mass is 439 g/mol. The number of ether oxygens (including phenoxy) is 1. The van der Waals surface area contributed by atoms with E-state index < -0.39 is 0 Å². The molecule has 2 aliphatic heterocycles. The number of benzene rings is 1. The van der Waals surface area contributed by atoms with Gasteiger partial charge in [0.1, 0.15) is 0 Å². The number of para-hydroxylation sites is 1. The second-order valence-corrected chi connectivity index (χ2v) is 8.67. The quantitative estimate of drug-likeness (QED) is 0.748. The summed E-state index contributed by atoms with van der Waals surface area (Å²) in [7, 11) is 0. The Kier molecular flexibility index (Phi) is 7.22. The van der Waals surface area contributed by atoms with Crippen LogP contribution in [0, 0.1) is 19.8 Å². The molecule has 2 aliphatic rings. The van der Waals surface area contributed by atoms with Crippen molar-refractivity contribution >= 4 is 17.5 Å². The summed E-state index contributed by atoms with van der Waals surface area (Å²) in [5.74, 6) is 0.242. The summed E-state index contributed by atoms with van der Waals surface area (Å²) in [4.78, 5) is 29.7. The normalized spacial score (nSPS) is 19.7. The van der Waals surface area contributed by atoms with Gasteiger partial charge in [0.25, 0.3) is 0 Å². The smallest absolute Gasteiger partial charge is 0.227 e. The van der Waals surface area contributed by atoms with Gasteiger partial charge in [0, 0.05) is 32.6 Å². The molecular weight excluding hydrogens is 406 g/mol. The zero-order chi connectivity index (χ0) is 22.5. The molecule has 8 heteroatoms. The molecule has 32 heavy (non-hydrogen) atoms. The molecule has 1 aromatic carbocycles. The summed E-state index contributed by atoms with van der Waals surface area (Å²) >= 11 is 0. The Morgan fingerprint density at radius 3 is 2.62 bits per heavy atom. The highest BCUT2D eigenvalue weighted by Crippen LogP contribution is 2.23. The Labute approximate surface area is 189 Å². The first-order valence-corrected chi connectivity index (χ1v) is 11.5. The highest BCUT2D eigenvalue weighted by Gasteiger charge is 2.30. The van der Waals surface area contributed by atoms with Crippen LogP contribution in [0.3, 0.4) is 0 Å². The van der Waals surface area contributed by atoms with Crippen molar-refractivity contribution in [2.75, 3.05) is 51.3 Å². The number of anilines is 1. The molecule has 2 saturated heterocycles. The van der Waals surface area contributed by atoms with Crippen LogP contribution in [0.4, 0.5) is 5.69 Å². The first-order valence-electron chi connectivity index (χ1n) is 11.5. The van der Waals surface area contributed by atoms with E-state index in [4.69, 9.17) is 4.74 Å². The summed E-state index contributed by atoms with van der Waals surface area (Å²) in [6, 6.07) is 9.91. The largest absolute Gasteiger partial charge is 0.378 e. The van der Waals surface area contributed by atoms with Gasteiger partial charge in [-0.3, -0.25) is 9.59 Å². The number of hydrogen-bond donors (Lipinski definition) is 1. The number of hydrogen-bond acceptors (Lipinski definition) is 5. The molecule has 0 saturated carbocycles. The first-order chi connectivity index (χ1) is 15.5. The van der Waals surface area contributed by atoms with Gasteiger partial charge in [0.05, 0.1) is 41.9 Å². The lowest BCUT2D eigenvalue weighted by molar-refractivity contribution is -0.141. The summed E-state index contributed by atoms with van der Waals surface area (Å²) < 4.78 is 7.22. The molecule has 1 N–H and O–H groups in total. The number of rotatable bonds is 6. The van der Waals surface area contributed by atoms with E-state index in [-0.39, 0.29) is 17.7 Å². The SMILES string of the molecule is Cc1nn(-c2ccccc2)c(C)c1NC(=O)CCN1CCCC(C(=O)N2CCOCC2)C1. The predicted molar refractivity (Wildman–Crippen MR) is 123 cm³/mol. The van der Waals surface area contributed by atoms with Gasteiger partial charge in [-0.2, -0.15) is 5.10 Å². The van der Waals surface area contributed by atoms with Crippen LogP contribution in [-0.4, -0.2) is 77.3 Å².